The Bertz CT molecular complexity index is 1340. The van der Waals surface area contributed by atoms with E-state index in [-0.39, 0.29) is 11.1 Å². The van der Waals surface area contributed by atoms with Crippen LogP contribution in [0.3, 0.4) is 0 Å². The molecule has 0 aliphatic rings. The van der Waals surface area contributed by atoms with E-state index in [2.05, 4.69) is 46.2 Å². The second kappa shape index (κ2) is 10.3. The molecule has 0 bridgehead atoms. The minimum absolute atomic E-state index is 0.114. The van der Waals surface area contributed by atoms with Gasteiger partial charge in [-0.1, -0.05) is 12.1 Å². The Morgan fingerprint density at radius 2 is 1.74 bits per heavy atom. The van der Waals surface area contributed by atoms with Gasteiger partial charge in [0.05, 0.1) is 25.8 Å². The van der Waals surface area contributed by atoms with Gasteiger partial charge >= 0.3 is 0 Å². The zero-order valence-corrected chi connectivity index (χ0v) is 20.9. The second-order valence-electron chi connectivity index (χ2n) is 9.48. The average molecular weight is 477 g/mol. The first-order valence-corrected chi connectivity index (χ1v) is 11.7. The monoisotopic (exact) mass is 476 g/mol. The van der Waals surface area contributed by atoms with Crippen molar-refractivity contribution in [1.29, 1.82) is 0 Å². The van der Waals surface area contributed by atoms with E-state index in [1.54, 1.807) is 7.11 Å². The van der Waals surface area contributed by atoms with Crippen molar-refractivity contribution >= 4 is 10.9 Å². The van der Waals surface area contributed by atoms with Gasteiger partial charge in [-0.05, 0) is 80.1 Å². The Labute approximate surface area is 204 Å². The maximum Gasteiger partial charge on any atom is 0.252 e. The highest BCUT2D eigenvalue weighted by atomic mass is 16.5. The van der Waals surface area contributed by atoms with Crippen molar-refractivity contribution in [2.24, 2.45) is 0 Å². The molecule has 0 amide bonds. The summed E-state index contributed by atoms with van der Waals surface area (Å²) < 4.78 is 12.8. The number of hydrogen-bond donors (Lipinski definition) is 1. The number of pyridine rings is 1. The van der Waals surface area contributed by atoms with Gasteiger partial charge in [-0.25, -0.2) is 4.68 Å². The van der Waals surface area contributed by atoms with Crippen molar-refractivity contribution in [2.75, 3.05) is 13.7 Å². The SMILES string of the molecule is CCOc1ccc2[nH]c(=O)c(CN(Cc3ccc(OC)cc3)Cc3nnnn3C(C)(C)C)cc2c1. The summed E-state index contributed by atoms with van der Waals surface area (Å²) in [5.41, 5.74) is 2.16. The maximum absolute atomic E-state index is 13.0. The third kappa shape index (κ3) is 5.86. The molecule has 0 radical (unpaired) electrons. The fourth-order valence-corrected chi connectivity index (χ4v) is 4.03. The molecule has 184 valence electrons. The summed E-state index contributed by atoms with van der Waals surface area (Å²) in [6.07, 6.45) is 0. The van der Waals surface area contributed by atoms with Gasteiger partial charge in [0.25, 0.3) is 5.56 Å². The molecule has 0 aliphatic heterocycles. The summed E-state index contributed by atoms with van der Waals surface area (Å²) in [6.45, 7) is 10.2. The molecule has 2 heterocycles. The Morgan fingerprint density at radius 3 is 2.43 bits per heavy atom. The summed E-state index contributed by atoms with van der Waals surface area (Å²) in [4.78, 5) is 18.1. The zero-order chi connectivity index (χ0) is 25.0. The number of fused-ring (bicyclic) bond motifs is 1. The van der Waals surface area contributed by atoms with E-state index < -0.39 is 0 Å². The van der Waals surface area contributed by atoms with Crippen LogP contribution in [-0.4, -0.2) is 43.8 Å². The predicted octanol–water partition coefficient (Wildman–Crippen LogP) is 3.88. The molecule has 1 N–H and O–H groups in total. The third-order valence-corrected chi connectivity index (χ3v) is 5.70. The first-order valence-electron chi connectivity index (χ1n) is 11.7. The lowest BCUT2D eigenvalue weighted by Gasteiger charge is -2.25. The number of aromatic amines is 1. The molecular formula is C26H32N6O3. The predicted molar refractivity (Wildman–Crippen MR) is 134 cm³/mol. The largest absolute Gasteiger partial charge is 0.497 e. The molecular weight excluding hydrogens is 444 g/mol. The molecule has 0 unspecified atom stereocenters. The molecule has 0 aliphatic carbocycles. The second-order valence-corrected chi connectivity index (χ2v) is 9.48. The highest BCUT2D eigenvalue weighted by molar-refractivity contribution is 5.80. The van der Waals surface area contributed by atoms with Gasteiger partial charge in [0.15, 0.2) is 5.82 Å². The van der Waals surface area contributed by atoms with Crippen molar-refractivity contribution < 1.29 is 9.47 Å². The Kier molecular flexibility index (Phi) is 7.16. The van der Waals surface area contributed by atoms with Crippen LogP contribution in [0.25, 0.3) is 10.9 Å². The van der Waals surface area contributed by atoms with Crippen LogP contribution in [0.4, 0.5) is 0 Å². The topological polar surface area (TPSA) is 98.2 Å². The van der Waals surface area contributed by atoms with Crippen molar-refractivity contribution in [3.63, 3.8) is 0 Å². The third-order valence-electron chi connectivity index (χ3n) is 5.70. The van der Waals surface area contributed by atoms with Crippen LogP contribution in [0.1, 0.15) is 44.6 Å². The van der Waals surface area contributed by atoms with Crippen LogP contribution in [0.2, 0.25) is 0 Å². The first kappa shape index (κ1) is 24.4. The summed E-state index contributed by atoms with van der Waals surface area (Å²) in [5, 5.41) is 13.3. The minimum Gasteiger partial charge on any atom is -0.497 e. The van der Waals surface area contributed by atoms with Crippen molar-refractivity contribution in [3.05, 3.63) is 75.8 Å². The van der Waals surface area contributed by atoms with Crippen molar-refractivity contribution in [3.8, 4) is 11.5 Å². The normalized spacial score (nSPS) is 11.8. The number of rotatable bonds is 9. The highest BCUT2D eigenvalue weighted by Gasteiger charge is 2.22. The van der Waals surface area contributed by atoms with E-state index in [1.807, 2.05) is 60.1 Å². The van der Waals surface area contributed by atoms with Gasteiger partial charge in [-0.3, -0.25) is 9.69 Å². The molecule has 4 aromatic rings. The van der Waals surface area contributed by atoms with Crippen LogP contribution in [0.5, 0.6) is 11.5 Å². The molecule has 0 atom stereocenters. The number of nitrogens with zero attached hydrogens (tertiary/aromatic N) is 5. The smallest absolute Gasteiger partial charge is 0.252 e. The number of ether oxygens (including phenoxy) is 2. The molecule has 0 saturated heterocycles. The van der Waals surface area contributed by atoms with Gasteiger partial charge in [0.1, 0.15) is 11.5 Å². The van der Waals surface area contributed by atoms with E-state index in [0.29, 0.717) is 31.8 Å². The molecule has 0 saturated carbocycles. The lowest BCUT2D eigenvalue weighted by Crippen LogP contribution is -2.31. The number of nitrogens with one attached hydrogen (secondary N) is 1. The quantitative estimate of drug-likeness (QED) is 0.391. The summed E-state index contributed by atoms with van der Waals surface area (Å²) >= 11 is 0. The number of aromatic nitrogens is 5. The number of benzene rings is 2. The molecule has 2 aromatic heterocycles. The summed E-state index contributed by atoms with van der Waals surface area (Å²) in [7, 11) is 1.65. The first-order chi connectivity index (χ1) is 16.8. The van der Waals surface area contributed by atoms with Crippen LogP contribution in [0, 0.1) is 0 Å². The Hall–Kier alpha value is -3.72. The van der Waals surface area contributed by atoms with Crippen LogP contribution in [-0.2, 0) is 25.2 Å². The maximum atomic E-state index is 13.0. The van der Waals surface area contributed by atoms with Crippen LogP contribution >= 0.6 is 0 Å². The molecule has 0 fully saturated rings. The van der Waals surface area contributed by atoms with E-state index in [4.69, 9.17) is 9.47 Å². The van der Waals surface area contributed by atoms with E-state index in [1.165, 1.54) is 0 Å². The minimum atomic E-state index is -0.263. The Balaban J connectivity index is 1.67. The van der Waals surface area contributed by atoms with Gasteiger partial charge < -0.3 is 14.5 Å². The van der Waals surface area contributed by atoms with Gasteiger partial charge in [-0.15, -0.1) is 5.10 Å². The fraction of sp³-hybridized carbons (Fsp3) is 0.385. The van der Waals surface area contributed by atoms with E-state index in [9.17, 15) is 4.79 Å². The lowest BCUT2D eigenvalue weighted by molar-refractivity contribution is 0.223. The molecule has 35 heavy (non-hydrogen) atoms. The molecule has 9 nitrogen and oxygen atoms in total. The fourth-order valence-electron chi connectivity index (χ4n) is 4.03. The van der Waals surface area contributed by atoms with Crippen LogP contribution < -0.4 is 15.0 Å². The van der Waals surface area contributed by atoms with Crippen molar-refractivity contribution in [1.82, 2.24) is 30.1 Å². The van der Waals surface area contributed by atoms with Gasteiger partial charge in [0, 0.05) is 29.6 Å². The van der Waals surface area contributed by atoms with Crippen molar-refractivity contribution in [2.45, 2.75) is 52.9 Å². The molecule has 2 aromatic carbocycles. The summed E-state index contributed by atoms with van der Waals surface area (Å²) in [6, 6.07) is 15.5. The number of tetrazole rings is 1. The number of H-pyrrole nitrogens is 1. The standard InChI is InChI=1S/C26H32N6O3/c1-6-35-22-11-12-23-19(14-22)13-20(25(33)27-23)16-31(15-18-7-9-21(34-5)10-8-18)17-24-28-29-30-32(24)26(2,3)4/h7-14H,6,15-17H2,1-5H3,(H,27,33). The number of methoxy groups -OCH3 is 1. The Morgan fingerprint density at radius 1 is 1.00 bits per heavy atom. The molecule has 0 spiro atoms. The lowest BCUT2D eigenvalue weighted by atomic mass is 10.1. The van der Waals surface area contributed by atoms with E-state index >= 15 is 0 Å². The highest BCUT2D eigenvalue weighted by Crippen LogP contribution is 2.22. The van der Waals surface area contributed by atoms with Gasteiger partial charge in [-0.2, -0.15) is 0 Å². The average Bonchev–Trinajstić information content (AvgIpc) is 3.29. The summed E-state index contributed by atoms with van der Waals surface area (Å²) in [5.74, 6) is 2.31. The number of hydrogen-bond acceptors (Lipinski definition) is 7. The molecule has 9 heteroatoms. The van der Waals surface area contributed by atoms with E-state index in [0.717, 1.165) is 33.8 Å². The molecule has 4 rings (SSSR count). The van der Waals surface area contributed by atoms with Crippen LogP contribution in [0.15, 0.2) is 53.3 Å². The van der Waals surface area contributed by atoms with Gasteiger partial charge in [0.2, 0.25) is 0 Å². The zero-order valence-electron chi connectivity index (χ0n) is 20.9.